The maximum atomic E-state index is 2.24. The molecule has 4 heteroatoms. The molecule has 0 saturated heterocycles. The van der Waals surface area contributed by atoms with Gasteiger partial charge in [-0.2, -0.15) is 0 Å². The van der Waals surface area contributed by atoms with Crippen LogP contribution in [-0.4, -0.2) is 0 Å². The van der Waals surface area contributed by atoms with Gasteiger partial charge in [-0.25, -0.2) is 0 Å². The third kappa shape index (κ3) is 8.82. The Labute approximate surface area is 65.2 Å². The van der Waals surface area contributed by atoms with E-state index in [0.717, 1.165) is 0 Å². The van der Waals surface area contributed by atoms with Crippen LogP contribution < -0.4 is 0 Å². The molecule has 0 aromatic carbocycles. The second-order valence-electron chi connectivity index (χ2n) is 0.0476. The maximum absolute atomic E-state index is 2.24. The van der Waals surface area contributed by atoms with Gasteiger partial charge < -0.3 is 0 Å². The second-order valence-corrected chi connectivity index (χ2v) is 8.84. The van der Waals surface area contributed by atoms with Gasteiger partial charge in [0.05, 0.1) is 0 Å². The Morgan fingerprint density at radius 3 is 1.25 bits per heavy atom. The fourth-order valence-corrected chi connectivity index (χ4v) is 0. The summed E-state index contributed by atoms with van der Waals surface area (Å²) in [6.45, 7) is 0. The Morgan fingerprint density at radius 1 is 1.25 bits per heavy atom. The zero-order valence-electron chi connectivity index (χ0n) is 1.50. The summed E-state index contributed by atoms with van der Waals surface area (Å²) < 4.78 is 0. The first-order chi connectivity index (χ1) is 1.41. The van der Waals surface area contributed by atoms with E-state index >= 15 is 0 Å². The predicted molar refractivity (Wildman–Crippen MR) is 28.0 cm³/mol. The molecule has 0 unspecified atom stereocenters. The SMILES string of the molecule is [Cr].[I][Co][I]. The fourth-order valence-electron chi connectivity index (χ4n) is 0. The van der Waals surface area contributed by atoms with Crippen molar-refractivity contribution in [2.75, 3.05) is 0 Å². The molecule has 0 radical (unpaired) electrons. The summed E-state index contributed by atoms with van der Waals surface area (Å²) >= 11 is 4.49. The van der Waals surface area contributed by atoms with E-state index < -0.39 is 0 Å². The van der Waals surface area contributed by atoms with Gasteiger partial charge in [-0.15, -0.1) is 0 Å². The summed E-state index contributed by atoms with van der Waals surface area (Å²) in [6, 6.07) is 0. The topological polar surface area (TPSA) is 0 Å². The minimum atomic E-state index is 0. The van der Waals surface area contributed by atoms with Crippen LogP contribution in [0.5, 0.6) is 0 Å². The standard InChI is InChI=1S/Co.Cr.2HI/h;;2*1H/q+2;;;/p-2. The van der Waals surface area contributed by atoms with E-state index in [-0.39, 0.29) is 17.4 Å². The van der Waals surface area contributed by atoms with Gasteiger partial charge in [0, 0.05) is 17.4 Å². The van der Waals surface area contributed by atoms with Crippen molar-refractivity contribution in [3.05, 3.63) is 0 Å². The van der Waals surface area contributed by atoms with Crippen LogP contribution in [-0.2, 0) is 25.6 Å². The van der Waals surface area contributed by atoms with Crippen molar-refractivity contribution in [2.24, 2.45) is 0 Å². The third-order valence-electron chi connectivity index (χ3n) is 0. The van der Waals surface area contributed by atoms with Crippen LogP contribution in [0.25, 0.3) is 0 Å². The van der Waals surface area contributed by atoms with Crippen molar-refractivity contribution >= 4 is 40.8 Å². The first-order valence-corrected chi connectivity index (χ1v) is 6.97. The van der Waals surface area contributed by atoms with Gasteiger partial charge in [-0.05, 0) is 0 Å². The molecule has 0 fully saturated rings. The van der Waals surface area contributed by atoms with Crippen molar-refractivity contribution in [1.82, 2.24) is 0 Å². The first-order valence-electron chi connectivity index (χ1n) is 0.252. The molecule has 0 aliphatic heterocycles. The second kappa shape index (κ2) is 9.09. The van der Waals surface area contributed by atoms with Crippen LogP contribution in [0.1, 0.15) is 0 Å². The van der Waals surface area contributed by atoms with E-state index in [2.05, 4.69) is 40.8 Å². The van der Waals surface area contributed by atoms with Crippen LogP contribution in [0.2, 0.25) is 0 Å². The van der Waals surface area contributed by atoms with Gasteiger partial charge in [0.2, 0.25) is 0 Å². The van der Waals surface area contributed by atoms with Crippen molar-refractivity contribution in [3.8, 4) is 0 Å². The fraction of sp³-hybridized carbons (Fsp3) is 0. The molecule has 0 aliphatic carbocycles. The molecule has 0 bridgehead atoms. The van der Waals surface area contributed by atoms with E-state index in [9.17, 15) is 0 Å². The average molecular weight is 365 g/mol. The molecule has 0 atom stereocenters. The molecule has 0 aliphatic rings. The molecule has 0 amide bonds. The van der Waals surface area contributed by atoms with Crippen LogP contribution in [0.4, 0.5) is 0 Å². The van der Waals surface area contributed by atoms with Crippen LogP contribution in [0.3, 0.4) is 0 Å². The van der Waals surface area contributed by atoms with E-state index in [1.807, 2.05) is 0 Å². The van der Waals surface area contributed by atoms with Gasteiger partial charge in [0.1, 0.15) is 0 Å². The summed E-state index contributed by atoms with van der Waals surface area (Å²) in [5, 5.41) is 0. The predicted octanol–water partition coefficient (Wildman–Crippen LogP) is 1.77. The molecule has 0 nitrogen and oxygen atoms in total. The Balaban J connectivity index is 0. The minimum absolute atomic E-state index is 0. The van der Waals surface area contributed by atoms with E-state index in [1.54, 1.807) is 0 Å². The number of hydrogen-bond acceptors (Lipinski definition) is 0. The summed E-state index contributed by atoms with van der Waals surface area (Å²) in [5.74, 6) is 0. The molecule has 0 N–H and O–H groups in total. The van der Waals surface area contributed by atoms with Crippen LogP contribution in [0, 0.1) is 0 Å². The van der Waals surface area contributed by atoms with Crippen LogP contribution >= 0.6 is 40.8 Å². The average Bonchev–Trinajstić information content (AvgIpc) is 0.918. The zero-order valence-corrected chi connectivity index (χ0v) is 8.13. The monoisotopic (exact) mass is 365 g/mol. The molecule has 0 spiro atoms. The van der Waals surface area contributed by atoms with E-state index in [0.29, 0.717) is 0 Å². The van der Waals surface area contributed by atoms with Gasteiger partial charge in [0.15, 0.2) is 0 Å². The Kier molecular flexibility index (Phi) is 22.1. The van der Waals surface area contributed by atoms with Gasteiger partial charge in [-0.1, -0.05) is 0 Å². The van der Waals surface area contributed by atoms with E-state index in [1.165, 1.54) is 8.26 Å². The van der Waals surface area contributed by atoms with Crippen molar-refractivity contribution in [3.63, 3.8) is 0 Å². The summed E-state index contributed by atoms with van der Waals surface area (Å²) in [6.07, 6.45) is 0. The molecule has 0 heterocycles. The molecule has 0 aromatic heterocycles. The number of rotatable bonds is 0. The van der Waals surface area contributed by atoms with Crippen LogP contribution in [0.15, 0.2) is 0 Å². The molecule has 29 valence electrons. The Bertz CT molecular complexity index is 6.00. The van der Waals surface area contributed by atoms with Crippen molar-refractivity contribution in [2.45, 2.75) is 0 Å². The summed E-state index contributed by atoms with van der Waals surface area (Å²) in [7, 11) is 1.38. The zero-order chi connectivity index (χ0) is 2.71. The third-order valence-corrected chi connectivity index (χ3v) is 0. The Morgan fingerprint density at radius 2 is 1.25 bits per heavy atom. The van der Waals surface area contributed by atoms with Gasteiger partial charge in [-0.3, -0.25) is 0 Å². The van der Waals surface area contributed by atoms with Gasteiger partial charge >= 0.3 is 49.1 Å². The number of hydrogen-bond donors (Lipinski definition) is 0. The Hall–Kier alpha value is 2.50. The number of halogens is 2. The molecule has 0 aromatic rings. The molecule has 0 rings (SSSR count). The van der Waals surface area contributed by atoms with Crippen molar-refractivity contribution in [1.29, 1.82) is 0 Å². The van der Waals surface area contributed by atoms with Gasteiger partial charge in [0.25, 0.3) is 0 Å². The normalized spacial score (nSPS) is 5.50. The summed E-state index contributed by atoms with van der Waals surface area (Å²) in [5.41, 5.74) is 0. The van der Waals surface area contributed by atoms with E-state index in [4.69, 9.17) is 0 Å². The molecule has 0 saturated carbocycles. The van der Waals surface area contributed by atoms with Crippen molar-refractivity contribution < 1.29 is 25.6 Å². The molecule has 4 heavy (non-hydrogen) atoms. The first kappa shape index (κ1) is 9.71. The summed E-state index contributed by atoms with van der Waals surface area (Å²) in [4.78, 5) is 0. The molecular formula is CoCrI2. The molecular weight excluding hydrogens is 365 g/mol. The quantitative estimate of drug-likeness (QED) is 0.575.